The summed E-state index contributed by atoms with van der Waals surface area (Å²) in [6, 6.07) is 5.29. The van der Waals surface area contributed by atoms with Gasteiger partial charge < -0.3 is 32.8 Å². The van der Waals surface area contributed by atoms with Crippen molar-refractivity contribution in [1.29, 1.82) is 0 Å². The molecule has 0 amide bonds. The van der Waals surface area contributed by atoms with Crippen molar-refractivity contribution in [3.8, 4) is 11.5 Å². The van der Waals surface area contributed by atoms with Gasteiger partial charge in [-0.1, -0.05) is 26.8 Å². The standard InChI is InChI=1S/C28H40O11Si/c1-16-24(35-17(2)29)25(36-18(3)30)26(37-19(4)31)27(34-16)38-23(32)14-12-20-11-13-21(22(15-20)33-8)39-40(9,10)28(5,6)7/h11-16,24-27H,1-10H3/b14-12+/t16?,24-,25?,26-,27+/m0/s1. The zero-order valence-electron chi connectivity index (χ0n) is 24.8. The van der Waals surface area contributed by atoms with Crippen molar-refractivity contribution in [1.82, 2.24) is 0 Å². The first-order valence-corrected chi connectivity index (χ1v) is 15.8. The zero-order chi connectivity index (χ0) is 30.4. The van der Waals surface area contributed by atoms with Crippen LogP contribution in [0.1, 0.15) is 54.0 Å². The largest absolute Gasteiger partial charge is 0.541 e. The second kappa shape index (κ2) is 13.3. The molecule has 2 rings (SSSR count). The minimum atomic E-state index is -2.11. The normalized spacial score (nSPS) is 23.2. The highest BCUT2D eigenvalue weighted by molar-refractivity contribution is 6.74. The number of rotatable bonds is 9. The van der Waals surface area contributed by atoms with Crippen molar-refractivity contribution in [2.24, 2.45) is 0 Å². The van der Waals surface area contributed by atoms with Crippen LogP contribution in [0, 0.1) is 0 Å². The van der Waals surface area contributed by atoms with E-state index in [0.29, 0.717) is 17.1 Å². The van der Waals surface area contributed by atoms with Gasteiger partial charge in [0, 0.05) is 26.8 Å². The number of hydrogen-bond acceptors (Lipinski definition) is 11. The van der Waals surface area contributed by atoms with Gasteiger partial charge in [-0.05, 0) is 48.8 Å². The molecule has 1 aromatic rings. The van der Waals surface area contributed by atoms with Gasteiger partial charge in [0.05, 0.1) is 13.2 Å². The van der Waals surface area contributed by atoms with E-state index in [9.17, 15) is 19.2 Å². The molecule has 5 atom stereocenters. The summed E-state index contributed by atoms with van der Waals surface area (Å²) in [5.41, 5.74) is 0.638. The minimum Gasteiger partial charge on any atom is -0.541 e. The summed E-state index contributed by atoms with van der Waals surface area (Å²) in [7, 11) is -0.571. The van der Waals surface area contributed by atoms with E-state index in [0.717, 1.165) is 13.8 Å². The maximum atomic E-state index is 12.8. The molecule has 0 radical (unpaired) electrons. The van der Waals surface area contributed by atoms with E-state index >= 15 is 0 Å². The second-order valence-corrected chi connectivity index (χ2v) is 15.7. The molecule has 0 spiro atoms. The number of methoxy groups -OCH3 is 1. The van der Waals surface area contributed by atoms with Gasteiger partial charge >= 0.3 is 23.9 Å². The van der Waals surface area contributed by atoms with Gasteiger partial charge in [0.1, 0.15) is 5.75 Å². The van der Waals surface area contributed by atoms with Crippen LogP contribution in [0.4, 0.5) is 0 Å². The summed E-state index contributed by atoms with van der Waals surface area (Å²) >= 11 is 0. The van der Waals surface area contributed by atoms with Crippen LogP contribution in [-0.2, 0) is 42.9 Å². The van der Waals surface area contributed by atoms with E-state index in [2.05, 4.69) is 33.9 Å². The van der Waals surface area contributed by atoms with Crippen molar-refractivity contribution < 1.29 is 52.0 Å². The van der Waals surface area contributed by atoms with Crippen LogP contribution in [0.5, 0.6) is 11.5 Å². The molecule has 0 aromatic heterocycles. The highest BCUT2D eigenvalue weighted by Gasteiger charge is 2.52. The molecular weight excluding hydrogens is 540 g/mol. The molecule has 0 N–H and O–H groups in total. The van der Waals surface area contributed by atoms with E-state index in [1.165, 1.54) is 26.2 Å². The Balaban J connectivity index is 2.25. The maximum Gasteiger partial charge on any atom is 0.333 e. The van der Waals surface area contributed by atoms with Gasteiger partial charge in [0.15, 0.2) is 18.0 Å². The number of hydrogen-bond donors (Lipinski definition) is 0. The molecule has 11 nitrogen and oxygen atoms in total. The zero-order valence-corrected chi connectivity index (χ0v) is 25.8. The number of benzene rings is 1. The third-order valence-electron chi connectivity index (χ3n) is 6.64. The van der Waals surface area contributed by atoms with E-state index in [1.807, 2.05) is 0 Å². The Kier molecular flexibility index (Phi) is 10.9. The molecule has 1 aliphatic heterocycles. The summed E-state index contributed by atoms with van der Waals surface area (Å²) in [5, 5.41) is -0.00430. The predicted molar refractivity (Wildman–Crippen MR) is 147 cm³/mol. The third kappa shape index (κ3) is 8.82. The Bertz CT molecular complexity index is 1120. The Morgan fingerprint density at radius 3 is 1.93 bits per heavy atom. The molecule has 0 bridgehead atoms. The van der Waals surface area contributed by atoms with E-state index < -0.39 is 62.9 Å². The molecule has 1 aliphatic rings. The highest BCUT2D eigenvalue weighted by Crippen LogP contribution is 2.40. The fourth-order valence-electron chi connectivity index (χ4n) is 3.68. The molecule has 1 heterocycles. The molecule has 2 unspecified atom stereocenters. The van der Waals surface area contributed by atoms with Gasteiger partial charge in [-0.2, -0.15) is 0 Å². The molecule has 0 saturated carbocycles. The summed E-state index contributed by atoms with van der Waals surface area (Å²) in [4.78, 5) is 48.0. The van der Waals surface area contributed by atoms with Crippen LogP contribution >= 0.6 is 0 Å². The van der Waals surface area contributed by atoms with Gasteiger partial charge in [0.25, 0.3) is 8.32 Å². The predicted octanol–water partition coefficient (Wildman–Crippen LogP) is 4.18. The lowest BCUT2D eigenvalue weighted by molar-refractivity contribution is -0.292. The molecule has 40 heavy (non-hydrogen) atoms. The van der Waals surface area contributed by atoms with Gasteiger partial charge in [-0.15, -0.1) is 0 Å². The smallest absolute Gasteiger partial charge is 0.333 e. The number of ether oxygens (including phenoxy) is 6. The van der Waals surface area contributed by atoms with Crippen molar-refractivity contribution in [3.05, 3.63) is 29.8 Å². The van der Waals surface area contributed by atoms with Gasteiger partial charge in [-0.3, -0.25) is 14.4 Å². The summed E-state index contributed by atoms with van der Waals surface area (Å²) in [6.45, 7) is 15.7. The minimum absolute atomic E-state index is 0.00430. The number of carbonyl (C=O) groups excluding carboxylic acids is 4. The lowest BCUT2D eigenvalue weighted by atomic mass is 9.99. The Morgan fingerprint density at radius 1 is 0.850 bits per heavy atom. The first-order chi connectivity index (χ1) is 18.4. The first kappa shape index (κ1) is 32.8. The average molecular weight is 581 g/mol. The lowest BCUT2D eigenvalue weighted by Gasteiger charge is -2.42. The highest BCUT2D eigenvalue weighted by atomic mass is 28.4. The Hall–Kier alpha value is -3.38. The molecule has 1 aromatic carbocycles. The van der Waals surface area contributed by atoms with Gasteiger partial charge in [0.2, 0.25) is 12.4 Å². The van der Waals surface area contributed by atoms with E-state index in [-0.39, 0.29) is 5.04 Å². The van der Waals surface area contributed by atoms with Crippen LogP contribution in [0.2, 0.25) is 18.1 Å². The Morgan fingerprint density at radius 2 is 1.40 bits per heavy atom. The molecular formula is C28H40O11Si. The monoisotopic (exact) mass is 580 g/mol. The molecule has 1 fully saturated rings. The van der Waals surface area contributed by atoms with Crippen molar-refractivity contribution in [3.63, 3.8) is 0 Å². The van der Waals surface area contributed by atoms with Crippen molar-refractivity contribution in [2.75, 3.05) is 7.11 Å². The third-order valence-corrected chi connectivity index (χ3v) is 11.0. The number of carbonyl (C=O) groups is 4. The van der Waals surface area contributed by atoms with Crippen LogP contribution < -0.4 is 9.16 Å². The summed E-state index contributed by atoms with van der Waals surface area (Å²) < 4.78 is 38.9. The van der Waals surface area contributed by atoms with E-state index in [1.54, 1.807) is 25.1 Å². The second-order valence-electron chi connectivity index (χ2n) is 11.0. The van der Waals surface area contributed by atoms with Crippen LogP contribution in [0.25, 0.3) is 6.08 Å². The first-order valence-electron chi connectivity index (χ1n) is 12.9. The van der Waals surface area contributed by atoms with Crippen molar-refractivity contribution >= 4 is 38.3 Å². The molecule has 12 heteroatoms. The summed E-state index contributed by atoms with van der Waals surface area (Å²) in [6.07, 6.45) is -3.38. The van der Waals surface area contributed by atoms with Crippen LogP contribution in [-0.4, -0.2) is 70.0 Å². The fourth-order valence-corrected chi connectivity index (χ4v) is 4.71. The molecule has 1 saturated heterocycles. The van der Waals surface area contributed by atoms with Gasteiger partial charge in [-0.25, -0.2) is 4.79 Å². The van der Waals surface area contributed by atoms with Crippen LogP contribution in [0.15, 0.2) is 24.3 Å². The Labute approximate surface area is 236 Å². The topological polar surface area (TPSA) is 133 Å². The van der Waals surface area contributed by atoms with Crippen LogP contribution in [0.3, 0.4) is 0 Å². The fraction of sp³-hybridized carbons (Fsp3) is 0.571. The maximum absolute atomic E-state index is 12.8. The SMILES string of the molecule is COc1cc(/C=C/C(=O)O[C@H]2OC(C)[C@H](OC(C)=O)C(OC(C)=O)[C@@H]2OC(C)=O)ccc1O[Si](C)(C)C(C)(C)C. The molecule has 222 valence electrons. The number of esters is 4. The average Bonchev–Trinajstić information content (AvgIpc) is 2.81. The molecule has 0 aliphatic carbocycles. The van der Waals surface area contributed by atoms with E-state index in [4.69, 9.17) is 32.8 Å². The lowest BCUT2D eigenvalue weighted by Crippen LogP contribution is -2.61. The summed E-state index contributed by atoms with van der Waals surface area (Å²) in [5.74, 6) is -1.81. The quantitative estimate of drug-likeness (QED) is 0.180. The van der Waals surface area contributed by atoms with Crippen molar-refractivity contribution in [2.45, 2.75) is 97.3 Å².